The molecule has 0 fully saturated rings. The molecule has 18 heavy (non-hydrogen) atoms. The molecule has 0 saturated carbocycles. The molecule has 0 aliphatic heterocycles. The molecule has 1 aromatic heterocycles. The number of aromatic amines is 1. The van der Waals surface area contributed by atoms with Gasteiger partial charge in [-0.1, -0.05) is 12.1 Å². The van der Waals surface area contributed by atoms with Crippen molar-refractivity contribution in [1.29, 1.82) is 0 Å². The Morgan fingerprint density at radius 2 is 1.89 bits per heavy atom. The molecule has 0 aliphatic carbocycles. The first-order valence-corrected chi connectivity index (χ1v) is 5.57. The van der Waals surface area contributed by atoms with E-state index >= 15 is 0 Å². The Kier molecular flexibility index (Phi) is 2.89. The molecule has 2 rings (SSSR count). The maximum atomic E-state index is 12.8. The highest BCUT2D eigenvalue weighted by atomic mass is 19.4. The van der Waals surface area contributed by atoms with Crippen molar-refractivity contribution in [3.8, 4) is 0 Å². The maximum Gasteiger partial charge on any atom is 0.418 e. The van der Waals surface area contributed by atoms with Crippen molar-refractivity contribution in [3.63, 3.8) is 0 Å². The molecular formula is C13H14F3NO. The molecule has 0 aliphatic rings. The van der Waals surface area contributed by atoms with Crippen molar-refractivity contribution in [3.05, 3.63) is 35.5 Å². The number of aromatic nitrogens is 1. The molecule has 1 heterocycles. The van der Waals surface area contributed by atoms with Gasteiger partial charge in [0.05, 0.1) is 16.7 Å². The van der Waals surface area contributed by atoms with Crippen LogP contribution in [0.2, 0.25) is 0 Å². The minimum absolute atomic E-state index is 0.0734. The highest BCUT2D eigenvalue weighted by molar-refractivity contribution is 5.86. The minimum Gasteiger partial charge on any atom is -0.390 e. The van der Waals surface area contributed by atoms with Gasteiger partial charge in [-0.25, -0.2) is 0 Å². The number of hydrogen-bond acceptors (Lipinski definition) is 1. The predicted molar refractivity (Wildman–Crippen MR) is 63.3 cm³/mol. The summed E-state index contributed by atoms with van der Waals surface area (Å²) in [7, 11) is 0. The monoisotopic (exact) mass is 257 g/mol. The third kappa shape index (κ3) is 2.51. The summed E-state index contributed by atoms with van der Waals surface area (Å²) in [5, 5.41) is 10.2. The van der Waals surface area contributed by atoms with E-state index in [4.69, 9.17) is 0 Å². The second kappa shape index (κ2) is 4.02. The number of benzene rings is 1. The van der Waals surface area contributed by atoms with Gasteiger partial charge in [-0.15, -0.1) is 0 Å². The van der Waals surface area contributed by atoms with Crippen LogP contribution in [0.15, 0.2) is 24.4 Å². The van der Waals surface area contributed by atoms with Gasteiger partial charge in [-0.05, 0) is 25.5 Å². The number of aliphatic hydroxyl groups is 1. The zero-order valence-electron chi connectivity index (χ0n) is 10.1. The molecule has 0 bridgehead atoms. The summed E-state index contributed by atoms with van der Waals surface area (Å²) in [6.45, 7) is 3.25. The molecular weight excluding hydrogens is 243 g/mol. The summed E-state index contributed by atoms with van der Waals surface area (Å²) in [6.07, 6.45) is -2.55. The van der Waals surface area contributed by atoms with Crippen LogP contribution < -0.4 is 0 Å². The molecule has 5 heteroatoms. The standard InChI is InChI=1S/C13H14F3NO/c1-12(2,18)6-8-7-17-11-9(8)4-3-5-10(11)13(14,15)16/h3-5,7,17-18H,6H2,1-2H3. The van der Waals surface area contributed by atoms with Gasteiger partial charge in [-0.3, -0.25) is 0 Å². The van der Waals surface area contributed by atoms with Crippen LogP contribution in [0.3, 0.4) is 0 Å². The minimum atomic E-state index is -4.38. The van der Waals surface area contributed by atoms with Gasteiger partial charge in [0.1, 0.15) is 0 Å². The van der Waals surface area contributed by atoms with Crippen LogP contribution in [0.1, 0.15) is 25.0 Å². The number of H-pyrrole nitrogens is 1. The van der Waals surface area contributed by atoms with E-state index in [-0.39, 0.29) is 5.52 Å². The third-order valence-electron chi connectivity index (χ3n) is 2.73. The Morgan fingerprint density at radius 1 is 1.22 bits per heavy atom. The molecule has 2 N–H and O–H groups in total. The molecule has 1 aromatic carbocycles. The molecule has 0 amide bonds. The number of fused-ring (bicyclic) bond motifs is 1. The van der Waals surface area contributed by atoms with Crippen molar-refractivity contribution in [1.82, 2.24) is 4.98 Å². The van der Waals surface area contributed by atoms with Crippen molar-refractivity contribution in [2.45, 2.75) is 32.0 Å². The van der Waals surface area contributed by atoms with Crippen LogP contribution in [0.5, 0.6) is 0 Å². The summed E-state index contributed by atoms with van der Waals surface area (Å²) in [5.41, 5.74) is -0.876. The predicted octanol–water partition coefficient (Wildman–Crippen LogP) is 3.50. The summed E-state index contributed by atoms with van der Waals surface area (Å²) in [6, 6.07) is 4.06. The summed E-state index contributed by atoms with van der Waals surface area (Å²) in [4.78, 5) is 2.65. The van der Waals surface area contributed by atoms with Crippen LogP contribution in [0.4, 0.5) is 13.2 Å². The molecule has 0 radical (unpaired) electrons. The quantitative estimate of drug-likeness (QED) is 0.848. The fraction of sp³-hybridized carbons (Fsp3) is 0.385. The lowest BCUT2D eigenvalue weighted by Gasteiger charge is -2.16. The van der Waals surface area contributed by atoms with Crippen LogP contribution >= 0.6 is 0 Å². The summed E-state index contributed by atoms with van der Waals surface area (Å²) in [5.74, 6) is 0. The van der Waals surface area contributed by atoms with Crippen LogP contribution in [-0.4, -0.2) is 15.7 Å². The first kappa shape index (κ1) is 13.0. The number of hydrogen-bond donors (Lipinski definition) is 2. The van der Waals surface area contributed by atoms with Crippen molar-refractivity contribution < 1.29 is 18.3 Å². The number of rotatable bonds is 2. The number of para-hydroxylation sites is 1. The van der Waals surface area contributed by atoms with E-state index in [1.165, 1.54) is 12.3 Å². The van der Waals surface area contributed by atoms with Crippen molar-refractivity contribution >= 4 is 10.9 Å². The SMILES string of the molecule is CC(C)(O)Cc1c[nH]c2c(C(F)(F)F)cccc12. The molecule has 0 atom stereocenters. The van der Waals surface area contributed by atoms with Crippen molar-refractivity contribution in [2.75, 3.05) is 0 Å². The smallest absolute Gasteiger partial charge is 0.390 e. The first-order chi connectivity index (χ1) is 8.18. The summed E-state index contributed by atoms with van der Waals surface area (Å²) >= 11 is 0. The van der Waals surface area contributed by atoms with Crippen LogP contribution in [0.25, 0.3) is 10.9 Å². The zero-order valence-corrected chi connectivity index (χ0v) is 10.1. The Morgan fingerprint density at radius 3 is 2.44 bits per heavy atom. The average molecular weight is 257 g/mol. The molecule has 98 valence electrons. The van der Waals surface area contributed by atoms with Gasteiger partial charge in [0.15, 0.2) is 0 Å². The zero-order chi connectivity index (χ0) is 13.6. The molecule has 0 saturated heterocycles. The van der Waals surface area contributed by atoms with Gasteiger partial charge in [-0.2, -0.15) is 13.2 Å². The second-order valence-corrected chi connectivity index (χ2v) is 5.03. The molecule has 0 unspecified atom stereocenters. The van der Waals surface area contributed by atoms with Gasteiger partial charge >= 0.3 is 6.18 Å². The topological polar surface area (TPSA) is 36.0 Å². The lowest BCUT2D eigenvalue weighted by atomic mass is 9.97. The number of alkyl halides is 3. The van der Waals surface area contributed by atoms with Crippen LogP contribution in [0, 0.1) is 0 Å². The molecule has 0 spiro atoms. The fourth-order valence-electron chi connectivity index (χ4n) is 2.06. The highest BCUT2D eigenvalue weighted by Crippen LogP contribution is 2.35. The normalized spacial score (nSPS) is 13.2. The maximum absolute atomic E-state index is 12.8. The highest BCUT2D eigenvalue weighted by Gasteiger charge is 2.33. The Hall–Kier alpha value is -1.49. The number of halogens is 3. The largest absolute Gasteiger partial charge is 0.418 e. The molecule has 2 aromatic rings. The van der Waals surface area contributed by atoms with E-state index in [1.54, 1.807) is 19.9 Å². The van der Waals surface area contributed by atoms with E-state index in [0.29, 0.717) is 17.4 Å². The van der Waals surface area contributed by atoms with Crippen molar-refractivity contribution in [2.24, 2.45) is 0 Å². The van der Waals surface area contributed by atoms with E-state index in [2.05, 4.69) is 4.98 Å². The van der Waals surface area contributed by atoms with E-state index in [1.807, 2.05) is 0 Å². The van der Waals surface area contributed by atoms with Gasteiger partial charge in [0.2, 0.25) is 0 Å². The van der Waals surface area contributed by atoms with Crippen LogP contribution in [-0.2, 0) is 12.6 Å². The second-order valence-electron chi connectivity index (χ2n) is 5.03. The van der Waals surface area contributed by atoms with Gasteiger partial charge in [0, 0.05) is 18.0 Å². The van der Waals surface area contributed by atoms with E-state index < -0.39 is 17.3 Å². The van der Waals surface area contributed by atoms with E-state index in [9.17, 15) is 18.3 Å². The fourth-order valence-corrected chi connectivity index (χ4v) is 2.06. The Labute approximate surface area is 102 Å². The summed E-state index contributed by atoms with van der Waals surface area (Å²) < 4.78 is 38.4. The third-order valence-corrected chi connectivity index (χ3v) is 2.73. The van der Waals surface area contributed by atoms with Gasteiger partial charge < -0.3 is 10.1 Å². The van der Waals surface area contributed by atoms with E-state index in [0.717, 1.165) is 6.07 Å². The molecule has 2 nitrogen and oxygen atoms in total. The lowest BCUT2D eigenvalue weighted by Crippen LogP contribution is -2.21. The van der Waals surface area contributed by atoms with Gasteiger partial charge in [0.25, 0.3) is 0 Å². The average Bonchev–Trinajstić information content (AvgIpc) is 2.57. The lowest BCUT2D eigenvalue weighted by molar-refractivity contribution is -0.136. The first-order valence-electron chi connectivity index (χ1n) is 5.57. The Bertz CT molecular complexity index is 564. The number of nitrogens with one attached hydrogen (secondary N) is 1. The Balaban J connectivity index is 2.56.